The zero-order chi connectivity index (χ0) is 16.2. The summed E-state index contributed by atoms with van der Waals surface area (Å²) in [7, 11) is -3.12. The van der Waals surface area contributed by atoms with E-state index >= 15 is 0 Å². The van der Waals surface area contributed by atoms with Crippen molar-refractivity contribution in [2.45, 2.75) is 48.4 Å². The van der Waals surface area contributed by atoms with Crippen LogP contribution in [0.4, 0.5) is 0 Å². The first kappa shape index (κ1) is 13.4. The number of hydrogen-bond donors (Lipinski definition) is 2. The minimum absolute atomic E-state index is 0.00632. The molecule has 2 bridgehead atoms. The number of nitrogens with one attached hydrogen (secondary N) is 2. The summed E-state index contributed by atoms with van der Waals surface area (Å²) < 4.78 is 29.7. The second-order valence-electron chi connectivity index (χ2n) is 7.73. The van der Waals surface area contributed by atoms with E-state index in [2.05, 4.69) is 24.2 Å². The van der Waals surface area contributed by atoms with E-state index in [0.717, 1.165) is 54.2 Å². The quantitative estimate of drug-likeness (QED) is 0.753. The molecule has 0 radical (unpaired) electrons. The second kappa shape index (κ2) is 3.83. The number of sulfonamides is 1. The van der Waals surface area contributed by atoms with Gasteiger partial charge in [-0.05, 0) is 38.2 Å². The minimum atomic E-state index is -3.12. The lowest BCUT2D eigenvalue weighted by Gasteiger charge is -2.70. The van der Waals surface area contributed by atoms with Crippen molar-refractivity contribution in [1.82, 2.24) is 24.2 Å². The molecule has 4 fully saturated rings. The van der Waals surface area contributed by atoms with E-state index in [1.165, 1.54) is 0 Å². The van der Waals surface area contributed by atoms with Crippen LogP contribution in [0, 0.1) is 0 Å². The number of aromatic nitrogens is 4. The number of imidazole rings is 1. The number of rotatable bonds is 4. The largest absolute Gasteiger partial charge is 0.346 e. The molecule has 7 rings (SSSR count). The Bertz CT molecular complexity index is 1090. The van der Waals surface area contributed by atoms with Crippen LogP contribution in [-0.4, -0.2) is 38.7 Å². The highest BCUT2D eigenvalue weighted by Crippen LogP contribution is 2.66. The Morgan fingerprint density at radius 3 is 2.79 bits per heavy atom. The first-order chi connectivity index (χ1) is 11.5. The normalized spacial score (nSPS) is 32.0. The van der Waals surface area contributed by atoms with Crippen molar-refractivity contribution in [3.05, 3.63) is 24.8 Å². The highest BCUT2D eigenvalue weighted by atomic mass is 32.2. The summed E-state index contributed by atoms with van der Waals surface area (Å²) in [5, 5.41) is 0.921. The molecule has 4 aliphatic carbocycles. The van der Waals surface area contributed by atoms with Gasteiger partial charge in [0.2, 0.25) is 10.0 Å². The smallest absolute Gasteiger partial charge is 0.214 e. The van der Waals surface area contributed by atoms with Crippen molar-refractivity contribution >= 4 is 32.1 Å². The molecule has 8 heteroatoms. The van der Waals surface area contributed by atoms with E-state index in [9.17, 15) is 8.42 Å². The molecule has 4 saturated carbocycles. The topological polar surface area (TPSA) is 92.7 Å². The number of fused-ring (bicyclic) bond motifs is 3. The molecule has 24 heavy (non-hydrogen) atoms. The number of hydrogen-bond acceptors (Lipinski definition) is 4. The van der Waals surface area contributed by atoms with Gasteiger partial charge in [-0.25, -0.2) is 23.1 Å². The second-order valence-corrected chi connectivity index (χ2v) is 9.69. The third kappa shape index (κ3) is 1.53. The first-order valence-electron chi connectivity index (χ1n) is 8.33. The monoisotopic (exact) mass is 343 g/mol. The molecule has 3 aromatic rings. The molecular formula is C16H17N5O2S. The van der Waals surface area contributed by atoms with Crippen LogP contribution in [0.1, 0.15) is 32.1 Å². The third-order valence-corrected chi connectivity index (χ3v) is 7.99. The predicted octanol–water partition coefficient (Wildman–Crippen LogP) is 1.63. The van der Waals surface area contributed by atoms with Gasteiger partial charge in [0.25, 0.3) is 0 Å². The zero-order valence-corrected chi connectivity index (χ0v) is 13.8. The van der Waals surface area contributed by atoms with Crippen LogP contribution < -0.4 is 4.72 Å². The van der Waals surface area contributed by atoms with Gasteiger partial charge in [0.1, 0.15) is 11.2 Å². The van der Waals surface area contributed by atoms with Gasteiger partial charge in [-0.3, -0.25) is 0 Å². The Kier molecular flexibility index (Phi) is 2.13. The van der Waals surface area contributed by atoms with Crippen LogP contribution in [-0.2, 0) is 15.6 Å². The van der Waals surface area contributed by atoms with E-state index in [1.807, 2.05) is 18.6 Å². The molecule has 7 nitrogen and oxygen atoms in total. The van der Waals surface area contributed by atoms with Gasteiger partial charge < -0.3 is 9.55 Å². The van der Waals surface area contributed by atoms with E-state index in [0.29, 0.717) is 0 Å². The lowest BCUT2D eigenvalue weighted by Crippen LogP contribution is -2.78. The van der Waals surface area contributed by atoms with E-state index < -0.39 is 10.0 Å². The molecule has 3 heterocycles. The predicted molar refractivity (Wildman–Crippen MR) is 89.0 cm³/mol. The first-order valence-corrected chi connectivity index (χ1v) is 9.88. The molecule has 0 unspecified atom stereocenters. The van der Waals surface area contributed by atoms with Gasteiger partial charge >= 0.3 is 0 Å². The highest BCUT2D eigenvalue weighted by molar-refractivity contribution is 7.90. The van der Waals surface area contributed by atoms with Crippen molar-refractivity contribution < 1.29 is 8.42 Å². The molecule has 124 valence electrons. The molecule has 0 atom stereocenters. The minimum Gasteiger partial charge on any atom is -0.346 e. The van der Waals surface area contributed by atoms with Gasteiger partial charge in [0, 0.05) is 17.1 Å². The molecular weight excluding hydrogens is 326 g/mol. The number of H-pyrrole nitrogens is 1. The van der Waals surface area contributed by atoms with Gasteiger partial charge in [-0.1, -0.05) is 0 Å². The summed E-state index contributed by atoms with van der Waals surface area (Å²) in [6.45, 7) is 0. The molecule has 0 saturated heterocycles. The zero-order valence-electron chi connectivity index (χ0n) is 13.0. The molecule has 2 N–H and O–H groups in total. The summed E-state index contributed by atoms with van der Waals surface area (Å²) in [6.07, 6.45) is 9.74. The van der Waals surface area contributed by atoms with Gasteiger partial charge in [-0.15, -0.1) is 0 Å². The maximum absolute atomic E-state index is 12.2. The maximum atomic E-state index is 12.2. The van der Waals surface area contributed by atoms with Crippen molar-refractivity contribution in [2.24, 2.45) is 0 Å². The Hall–Kier alpha value is -1.93. The Labute approximate surface area is 138 Å². The Morgan fingerprint density at radius 1 is 1.25 bits per heavy atom. The molecule has 0 aromatic carbocycles. The fourth-order valence-electron chi connectivity index (χ4n) is 4.73. The fourth-order valence-corrected chi connectivity index (χ4v) is 6.47. The van der Waals surface area contributed by atoms with Gasteiger partial charge in [0.05, 0.1) is 28.8 Å². The number of pyridine rings is 1. The molecule has 4 aliphatic rings. The van der Waals surface area contributed by atoms with Crippen molar-refractivity contribution in [2.75, 3.05) is 0 Å². The standard InChI is InChI=1S/C16H17N5O2S/c22-24(23,10-1-2-10)20-15-6-16(7-15,8-15)21-9-19-12-5-18-14-11(13(12)21)3-4-17-14/h3-5,9-10,20H,1-2,6-8H2,(H,17,18). The average Bonchev–Trinajstić information content (AvgIpc) is 3.09. The molecule has 0 spiro atoms. The van der Waals surface area contributed by atoms with Crippen molar-refractivity contribution in [3.63, 3.8) is 0 Å². The van der Waals surface area contributed by atoms with E-state index in [-0.39, 0.29) is 16.3 Å². The summed E-state index contributed by atoms with van der Waals surface area (Å²) >= 11 is 0. The van der Waals surface area contributed by atoms with E-state index in [4.69, 9.17) is 0 Å². The van der Waals surface area contributed by atoms with Crippen LogP contribution in [0.5, 0.6) is 0 Å². The van der Waals surface area contributed by atoms with Crippen LogP contribution in [0.15, 0.2) is 24.8 Å². The summed E-state index contributed by atoms with van der Waals surface area (Å²) in [5.74, 6) is 0. The lowest BCUT2D eigenvalue weighted by atomic mass is 9.44. The highest BCUT2D eigenvalue weighted by Gasteiger charge is 2.70. The molecule has 0 amide bonds. The SMILES string of the molecule is O=S(=O)(NC12CC(n3cnc4cnc5[nH]ccc5c43)(C1)C2)C1CC1. The summed E-state index contributed by atoms with van der Waals surface area (Å²) in [6, 6.07) is 2.03. The molecule has 0 aliphatic heterocycles. The number of aromatic amines is 1. The maximum Gasteiger partial charge on any atom is 0.214 e. The fraction of sp³-hybridized carbons (Fsp3) is 0.500. The number of nitrogens with zero attached hydrogens (tertiary/aromatic N) is 3. The third-order valence-electron chi connectivity index (χ3n) is 5.93. The van der Waals surface area contributed by atoms with Crippen LogP contribution in [0.3, 0.4) is 0 Å². The van der Waals surface area contributed by atoms with Crippen molar-refractivity contribution in [1.29, 1.82) is 0 Å². The van der Waals surface area contributed by atoms with Crippen molar-refractivity contribution in [3.8, 4) is 0 Å². The van der Waals surface area contributed by atoms with Crippen LogP contribution in [0.25, 0.3) is 22.1 Å². The lowest BCUT2D eigenvalue weighted by molar-refractivity contribution is -0.122. The van der Waals surface area contributed by atoms with Gasteiger partial charge in [-0.2, -0.15) is 0 Å². The van der Waals surface area contributed by atoms with Gasteiger partial charge in [0.15, 0.2) is 0 Å². The summed E-state index contributed by atoms with van der Waals surface area (Å²) in [4.78, 5) is 12.0. The summed E-state index contributed by atoms with van der Waals surface area (Å²) in [5.41, 5.74) is 2.63. The Balaban J connectivity index is 1.37. The van der Waals surface area contributed by atoms with Crippen LogP contribution in [0.2, 0.25) is 0 Å². The molecule has 3 aromatic heterocycles. The Morgan fingerprint density at radius 2 is 2.04 bits per heavy atom. The van der Waals surface area contributed by atoms with Crippen LogP contribution >= 0.6 is 0 Å². The average molecular weight is 343 g/mol. The van der Waals surface area contributed by atoms with E-state index in [1.54, 1.807) is 6.20 Å².